The van der Waals surface area contributed by atoms with Crippen LogP contribution in [0.5, 0.6) is 0 Å². The zero-order valence-corrected chi connectivity index (χ0v) is 10.7. The SMILES string of the molecule is Cc1cc2nnc(C3(N)CCOCC3)n2c(C)n1. The van der Waals surface area contributed by atoms with Gasteiger partial charge < -0.3 is 10.5 Å². The maximum absolute atomic E-state index is 6.47. The number of hydrogen-bond donors (Lipinski definition) is 1. The van der Waals surface area contributed by atoms with Crippen LogP contribution in [0.25, 0.3) is 5.65 Å². The van der Waals surface area contributed by atoms with Gasteiger partial charge in [0, 0.05) is 25.0 Å². The summed E-state index contributed by atoms with van der Waals surface area (Å²) in [5.41, 5.74) is 7.76. The second-order valence-corrected chi connectivity index (χ2v) is 4.93. The summed E-state index contributed by atoms with van der Waals surface area (Å²) in [6.07, 6.45) is 1.53. The largest absolute Gasteiger partial charge is 0.381 e. The highest BCUT2D eigenvalue weighted by Gasteiger charge is 2.35. The molecule has 2 N–H and O–H groups in total. The molecule has 1 saturated heterocycles. The summed E-state index contributed by atoms with van der Waals surface area (Å²) in [6.45, 7) is 5.25. The monoisotopic (exact) mass is 247 g/mol. The molecule has 0 amide bonds. The highest BCUT2D eigenvalue weighted by molar-refractivity contribution is 5.41. The van der Waals surface area contributed by atoms with Crippen molar-refractivity contribution in [2.24, 2.45) is 5.73 Å². The second kappa shape index (κ2) is 4.00. The quantitative estimate of drug-likeness (QED) is 0.802. The van der Waals surface area contributed by atoms with E-state index in [1.807, 2.05) is 24.3 Å². The van der Waals surface area contributed by atoms with Crippen molar-refractivity contribution in [1.29, 1.82) is 0 Å². The van der Waals surface area contributed by atoms with Gasteiger partial charge in [-0.2, -0.15) is 0 Å². The van der Waals surface area contributed by atoms with Crippen LogP contribution in [0.4, 0.5) is 0 Å². The number of fused-ring (bicyclic) bond motifs is 1. The van der Waals surface area contributed by atoms with Gasteiger partial charge >= 0.3 is 0 Å². The van der Waals surface area contributed by atoms with Gasteiger partial charge in [-0.05, 0) is 26.7 Å². The first-order valence-corrected chi connectivity index (χ1v) is 6.17. The Bertz CT molecular complexity index is 585. The van der Waals surface area contributed by atoms with Gasteiger partial charge in [-0.3, -0.25) is 4.40 Å². The van der Waals surface area contributed by atoms with E-state index >= 15 is 0 Å². The van der Waals surface area contributed by atoms with Gasteiger partial charge in [-0.25, -0.2) is 4.98 Å². The molecule has 0 spiro atoms. The van der Waals surface area contributed by atoms with E-state index in [1.165, 1.54) is 0 Å². The van der Waals surface area contributed by atoms with Crippen LogP contribution in [0.1, 0.15) is 30.2 Å². The van der Waals surface area contributed by atoms with Crippen molar-refractivity contribution in [2.75, 3.05) is 13.2 Å². The van der Waals surface area contributed by atoms with Crippen molar-refractivity contribution < 1.29 is 4.74 Å². The first kappa shape index (κ1) is 11.6. The van der Waals surface area contributed by atoms with Crippen LogP contribution < -0.4 is 5.73 Å². The Labute approximate surface area is 105 Å². The third-order valence-corrected chi connectivity index (χ3v) is 3.52. The predicted molar refractivity (Wildman–Crippen MR) is 66.2 cm³/mol. The van der Waals surface area contributed by atoms with Crippen molar-refractivity contribution in [3.05, 3.63) is 23.4 Å². The number of nitrogens with two attached hydrogens (primary N) is 1. The van der Waals surface area contributed by atoms with Crippen molar-refractivity contribution >= 4 is 5.65 Å². The van der Waals surface area contributed by atoms with Gasteiger partial charge in [0.15, 0.2) is 11.5 Å². The lowest BCUT2D eigenvalue weighted by Crippen LogP contribution is -2.44. The Hall–Kier alpha value is -1.53. The first-order valence-electron chi connectivity index (χ1n) is 6.17. The molecule has 0 unspecified atom stereocenters. The minimum Gasteiger partial charge on any atom is -0.381 e. The lowest BCUT2D eigenvalue weighted by molar-refractivity contribution is 0.0487. The fraction of sp³-hybridized carbons (Fsp3) is 0.583. The Morgan fingerprint density at radius 2 is 2.00 bits per heavy atom. The van der Waals surface area contributed by atoms with Crippen LogP contribution in [0.15, 0.2) is 6.07 Å². The molecule has 0 bridgehead atoms. The molecule has 0 aliphatic carbocycles. The third-order valence-electron chi connectivity index (χ3n) is 3.52. The molecule has 0 saturated carbocycles. The highest BCUT2D eigenvalue weighted by atomic mass is 16.5. The summed E-state index contributed by atoms with van der Waals surface area (Å²) in [4.78, 5) is 4.46. The van der Waals surface area contributed by atoms with Gasteiger partial charge in [0.05, 0.1) is 5.54 Å². The molecule has 0 aromatic carbocycles. The maximum atomic E-state index is 6.47. The van der Waals surface area contributed by atoms with E-state index in [1.54, 1.807) is 0 Å². The Morgan fingerprint density at radius 3 is 2.72 bits per heavy atom. The number of hydrogen-bond acceptors (Lipinski definition) is 5. The van der Waals surface area contributed by atoms with E-state index in [0.29, 0.717) is 13.2 Å². The zero-order valence-electron chi connectivity index (χ0n) is 10.7. The van der Waals surface area contributed by atoms with E-state index < -0.39 is 5.54 Å². The molecule has 18 heavy (non-hydrogen) atoms. The average Bonchev–Trinajstić information content (AvgIpc) is 2.74. The van der Waals surface area contributed by atoms with Crippen molar-refractivity contribution in [3.8, 4) is 0 Å². The van der Waals surface area contributed by atoms with Gasteiger partial charge in [0.2, 0.25) is 0 Å². The third kappa shape index (κ3) is 1.69. The fourth-order valence-corrected chi connectivity index (χ4v) is 2.51. The molecule has 96 valence electrons. The summed E-state index contributed by atoms with van der Waals surface area (Å²) in [5, 5.41) is 8.50. The Kier molecular flexibility index (Phi) is 2.57. The molecule has 1 aliphatic rings. The zero-order chi connectivity index (χ0) is 12.8. The second-order valence-electron chi connectivity index (χ2n) is 4.93. The minimum absolute atomic E-state index is 0.459. The van der Waals surface area contributed by atoms with Crippen molar-refractivity contribution in [2.45, 2.75) is 32.2 Å². The molecule has 1 aliphatic heterocycles. The number of aryl methyl sites for hydroxylation is 2. The maximum Gasteiger partial charge on any atom is 0.164 e. The average molecular weight is 247 g/mol. The fourth-order valence-electron chi connectivity index (χ4n) is 2.51. The number of nitrogens with zero attached hydrogens (tertiary/aromatic N) is 4. The van der Waals surface area contributed by atoms with E-state index in [9.17, 15) is 0 Å². The van der Waals surface area contributed by atoms with Gasteiger partial charge in [-0.15, -0.1) is 10.2 Å². The van der Waals surface area contributed by atoms with Crippen LogP contribution in [0.3, 0.4) is 0 Å². The van der Waals surface area contributed by atoms with E-state index in [4.69, 9.17) is 10.5 Å². The molecule has 1 fully saturated rings. The molecule has 3 heterocycles. The number of ether oxygens (including phenoxy) is 1. The molecule has 2 aromatic heterocycles. The van der Waals surface area contributed by atoms with Gasteiger partial charge in [0.1, 0.15) is 5.82 Å². The van der Waals surface area contributed by atoms with Gasteiger partial charge in [0.25, 0.3) is 0 Å². The molecule has 0 atom stereocenters. The summed E-state index contributed by atoms with van der Waals surface area (Å²) < 4.78 is 7.33. The Morgan fingerprint density at radius 1 is 1.28 bits per heavy atom. The van der Waals surface area contributed by atoms with Crippen LogP contribution in [-0.4, -0.2) is 32.8 Å². The van der Waals surface area contributed by atoms with Crippen molar-refractivity contribution in [1.82, 2.24) is 19.6 Å². The molecule has 2 aromatic rings. The van der Waals surface area contributed by atoms with Crippen LogP contribution in [0.2, 0.25) is 0 Å². The number of rotatable bonds is 1. The predicted octanol–water partition coefficient (Wildman–Crippen LogP) is 0.706. The Balaban J connectivity index is 2.17. The molecular weight excluding hydrogens is 230 g/mol. The van der Waals surface area contributed by atoms with Gasteiger partial charge in [-0.1, -0.05) is 0 Å². The summed E-state index contributed by atoms with van der Waals surface area (Å²) in [6, 6.07) is 1.92. The smallest absolute Gasteiger partial charge is 0.164 e. The summed E-state index contributed by atoms with van der Waals surface area (Å²) >= 11 is 0. The van der Waals surface area contributed by atoms with Crippen LogP contribution >= 0.6 is 0 Å². The van der Waals surface area contributed by atoms with Crippen molar-refractivity contribution in [3.63, 3.8) is 0 Å². The standard InChI is InChI=1S/C12H17N5O/c1-8-7-10-15-16-11(17(10)9(2)14-8)12(13)3-5-18-6-4-12/h7H,3-6,13H2,1-2H3. The molecular formula is C12H17N5O. The summed E-state index contributed by atoms with van der Waals surface area (Å²) in [5.74, 6) is 1.67. The van der Waals surface area contributed by atoms with Crippen LogP contribution in [0, 0.1) is 13.8 Å². The normalized spacial score (nSPS) is 19.3. The topological polar surface area (TPSA) is 78.3 Å². The highest BCUT2D eigenvalue weighted by Crippen LogP contribution is 2.28. The molecule has 0 radical (unpaired) electrons. The lowest BCUT2D eigenvalue weighted by atomic mass is 9.90. The van der Waals surface area contributed by atoms with Crippen LogP contribution in [-0.2, 0) is 10.3 Å². The molecule has 3 rings (SSSR count). The lowest BCUT2D eigenvalue weighted by Gasteiger charge is -2.31. The van der Waals surface area contributed by atoms with E-state index in [2.05, 4.69) is 15.2 Å². The summed E-state index contributed by atoms with van der Waals surface area (Å²) in [7, 11) is 0. The van der Waals surface area contributed by atoms with E-state index in [-0.39, 0.29) is 0 Å². The first-order chi connectivity index (χ1) is 8.60. The minimum atomic E-state index is -0.459. The van der Waals surface area contributed by atoms with E-state index in [0.717, 1.165) is 35.8 Å². The molecule has 6 nitrogen and oxygen atoms in total. The molecule has 6 heteroatoms. The number of aromatic nitrogens is 4.